The lowest BCUT2D eigenvalue weighted by Crippen LogP contribution is -2.32. The minimum Gasteiger partial charge on any atom is -0.484 e. The third-order valence-corrected chi connectivity index (χ3v) is 6.86. The first kappa shape index (κ1) is 23.8. The molecule has 0 radical (unpaired) electrons. The highest BCUT2D eigenvalue weighted by Crippen LogP contribution is 2.27. The monoisotopic (exact) mass is 497 g/mol. The van der Waals surface area contributed by atoms with Crippen molar-refractivity contribution in [3.63, 3.8) is 0 Å². The van der Waals surface area contributed by atoms with E-state index in [0.717, 1.165) is 10.4 Å². The minimum absolute atomic E-state index is 0.0961. The van der Waals surface area contributed by atoms with Gasteiger partial charge < -0.3 is 20.3 Å². The summed E-state index contributed by atoms with van der Waals surface area (Å²) in [4.78, 5) is 39.9. The Morgan fingerprint density at radius 2 is 1.94 bits per heavy atom. The average Bonchev–Trinajstić information content (AvgIpc) is 3.49. The van der Waals surface area contributed by atoms with E-state index in [1.807, 2.05) is 24.4 Å². The molecular formula is C25H24ClN3O4S. The lowest BCUT2D eigenvalue weighted by atomic mass is 10.1. The fourth-order valence-electron chi connectivity index (χ4n) is 3.66. The van der Waals surface area contributed by atoms with Gasteiger partial charge in [0.05, 0.1) is 12.5 Å². The third-order valence-electron chi connectivity index (χ3n) is 5.57. The van der Waals surface area contributed by atoms with Crippen LogP contribution in [0.3, 0.4) is 0 Å². The smallest absolute Gasteiger partial charge is 0.262 e. The van der Waals surface area contributed by atoms with Crippen molar-refractivity contribution < 1.29 is 19.1 Å². The van der Waals surface area contributed by atoms with E-state index >= 15 is 0 Å². The van der Waals surface area contributed by atoms with E-state index in [0.29, 0.717) is 35.2 Å². The molecule has 3 aromatic rings. The maximum atomic E-state index is 12.5. The number of halogens is 1. The zero-order valence-electron chi connectivity index (χ0n) is 18.5. The Kier molecular flexibility index (Phi) is 7.49. The van der Waals surface area contributed by atoms with Crippen molar-refractivity contribution in [1.29, 1.82) is 0 Å². The fourth-order valence-corrected chi connectivity index (χ4v) is 4.48. The van der Waals surface area contributed by atoms with Crippen LogP contribution in [0.25, 0.3) is 0 Å². The second-order valence-electron chi connectivity index (χ2n) is 7.95. The summed E-state index contributed by atoms with van der Waals surface area (Å²) in [5.41, 5.74) is 2.11. The van der Waals surface area contributed by atoms with E-state index in [1.54, 1.807) is 58.7 Å². The molecule has 1 atom stereocenters. The molecule has 1 fully saturated rings. The predicted octanol–water partition coefficient (Wildman–Crippen LogP) is 4.40. The number of rotatable bonds is 8. The summed E-state index contributed by atoms with van der Waals surface area (Å²) >= 11 is 7.66. The number of ether oxygens (including phenoxy) is 1. The second-order valence-corrected chi connectivity index (χ2v) is 9.39. The van der Waals surface area contributed by atoms with Crippen LogP contribution < -0.4 is 20.3 Å². The molecule has 1 aliphatic rings. The zero-order chi connectivity index (χ0) is 24.1. The Hall–Kier alpha value is -3.36. The molecule has 4 rings (SSSR count). The van der Waals surface area contributed by atoms with Crippen molar-refractivity contribution in [3.8, 4) is 5.75 Å². The van der Waals surface area contributed by atoms with Crippen LogP contribution in [0.2, 0.25) is 5.02 Å². The Labute approximate surface area is 206 Å². The quantitative estimate of drug-likeness (QED) is 0.483. The molecule has 9 heteroatoms. The number of carbonyl (C=O) groups excluding carboxylic acids is 3. The van der Waals surface area contributed by atoms with E-state index in [2.05, 4.69) is 10.6 Å². The molecule has 2 aromatic carbocycles. The van der Waals surface area contributed by atoms with Gasteiger partial charge in [-0.05, 0) is 60.3 Å². The van der Waals surface area contributed by atoms with Crippen molar-refractivity contribution in [3.05, 3.63) is 75.4 Å². The van der Waals surface area contributed by atoms with Crippen LogP contribution in [-0.4, -0.2) is 30.9 Å². The van der Waals surface area contributed by atoms with Crippen LogP contribution in [0.4, 0.5) is 11.4 Å². The number of benzene rings is 2. The number of hydrogen-bond donors (Lipinski definition) is 2. The summed E-state index contributed by atoms with van der Waals surface area (Å²) < 4.78 is 5.57. The predicted molar refractivity (Wildman–Crippen MR) is 133 cm³/mol. The highest BCUT2D eigenvalue weighted by atomic mass is 35.5. The number of nitrogens with zero attached hydrogens (tertiary/aromatic N) is 1. The SMILES string of the molecule is Cc1c(Cl)cccc1NC(=O)COc1ccc(N2C[C@H](C(=O)NCc3cccs3)CC2=O)cc1. The highest BCUT2D eigenvalue weighted by molar-refractivity contribution is 7.09. The number of nitrogens with one attached hydrogen (secondary N) is 2. The van der Waals surface area contributed by atoms with Crippen LogP contribution in [0.5, 0.6) is 5.75 Å². The topological polar surface area (TPSA) is 87.7 Å². The largest absolute Gasteiger partial charge is 0.484 e. The highest BCUT2D eigenvalue weighted by Gasteiger charge is 2.35. The third kappa shape index (κ3) is 5.76. The summed E-state index contributed by atoms with van der Waals surface area (Å²) in [6, 6.07) is 16.1. The van der Waals surface area contributed by atoms with Crippen molar-refractivity contribution >= 4 is 52.0 Å². The van der Waals surface area contributed by atoms with Crippen LogP contribution in [0, 0.1) is 12.8 Å². The van der Waals surface area contributed by atoms with E-state index in [1.165, 1.54) is 0 Å². The fraction of sp³-hybridized carbons (Fsp3) is 0.240. The molecule has 1 aromatic heterocycles. The second kappa shape index (κ2) is 10.7. The Bertz CT molecular complexity index is 1180. The maximum Gasteiger partial charge on any atom is 0.262 e. The number of anilines is 2. The minimum atomic E-state index is -0.387. The van der Waals surface area contributed by atoms with Gasteiger partial charge in [-0.25, -0.2) is 0 Å². The molecular weight excluding hydrogens is 474 g/mol. The molecule has 1 saturated heterocycles. The van der Waals surface area contributed by atoms with Gasteiger partial charge in [0.2, 0.25) is 11.8 Å². The Balaban J connectivity index is 1.28. The lowest BCUT2D eigenvalue weighted by molar-refractivity contribution is -0.126. The van der Waals surface area contributed by atoms with Gasteiger partial charge in [0, 0.05) is 34.2 Å². The number of amides is 3. The van der Waals surface area contributed by atoms with Gasteiger partial charge in [0.1, 0.15) is 5.75 Å². The molecule has 0 aliphatic carbocycles. The summed E-state index contributed by atoms with van der Waals surface area (Å²) in [6.07, 6.45) is 0.178. The molecule has 2 heterocycles. The van der Waals surface area contributed by atoms with Crippen molar-refractivity contribution in [2.24, 2.45) is 5.92 Å². The van der Waals surface area contributed by atoms with Crippen LogP contribution in [-0.2, 0) is 20.9 Å². The van der Waals surface area contributed by atoms with Crippen LogP contribution >= 0.6 is 22.9 Å². The van der Waals surface area contributed by atoms with Crippen molar-refractivity contribution in [2.45, 2.75) is 19.9 Å². The number of hydrogen-bond acceptors (Lipinski definition) is 5. The molecule has 3 amide bonds. The Morgan fingerprint density at radius 1 is 1.15 bits per heavy atom. The summed E-state index contributed by atoms with van der Waals surface area (Å²) in [5.74, 6) is -0.410. The van der Waals surface area contributed by atoms with Gasteiger partial charge in [-0.2, -0.15) is 0 Å². The molecule has 1 aliphatic heterocycles. The molecule has 0 bridgehead atoms. The van der Waals surface area contributed by atoms with E-state index < -0.39 is 0 Å². The average molecular weight is 498 g/mol. The summed E-state index contributed by atoms with van der Waals surface area (Å²) in [5, 5.41) is 8.22. The van der Waals surface area contributed by atoms with Gasteiger partial charge in [-0.3, -0.25) is 14.4 Å². The molecule has 0 spiro atoms. The van der Waals surface area contributed by atoms with Crippen LogP contribution in [0.15, 0.2) is 60.0 Å². The first-order chi connectivity index (χ1) is 16.4. The lowest BCUT2D eigenvalue weighted by Gasteiger charge is -2.17. The molecule has 7 nitrogen and oxygen atoms in total. The molecule has 176 valence electrons. The molecule has 34 heavy (non-hydrogen) atoms. The van der Waals surface area contributed by atoms with E-state index in [9.17, 15) is 14.4 Å². The van der Waals surface area contributed by atoms with Crippen molar-refractivity contribution in [2.75, 3.05) is 23.4 Å². The normalized spacial score (nSPS) is 15.3. The maximum absolute atomic E-state index is 12.5. The Morgan fingerprint density at radius 3 is 2.68 bits per heavy atom. The van der Waals surface area contributed by atoms with Crippen molar-refractivity contribution in [1.82, 2.24) is 5.32 Å². The summed E-state index contributed by atoms with van der Waals surface area (Å²) in [6.45, 7) is 2.46. The molecule has 0 unspecified atom stereocenters. The first-order valence-corrected chi connectivity index (χ1v) is 12.0. The molecule has 0 saturated carbocycles. The molecule has 2 N–H and O–H groups in total. The number of carbonyl (C=O) groups is 3. The van der Waals surface area contributed by atoms with Gasteiger partial charge in [0.15, 0.2) is 6.61 Å². The standard InChI is InChI=1S/C25H24ClN3O4S/c1-16-21(26)5-2-6-22(16)28-23(30)15-33-19-9-7-18(8-10-19)29-14-17(12-24(29)31)25(32)27-13-20-4-3-11-34-20/h2-11,17H,12-15H2,1H3,(H,27,32)(H,28,30)/t17-/m1/s1. The summed E-state index contributed by atoms with van der Waals surface area (Å²) in [7, 11) is 0. The van der Waals surface area contributed by atoms with Crippen LogP contribution in [0.1, 0.15) is 16.9 Å². The van der Waals surface area contributed by atoms with Gasteiger partial charge in [-0.1, -0.05) is 23.7 Å². The van der Waals surface area contributed by atoms with Gasteiger partial charge >= 0.3 is 0 Å². The van der Waals surface area contributed by atoms with Gasteiger partial charge in [-0.15, -0.1) is 11.3 Å². The first-order valence-electron chi connectivity index (χ1n) is 10.8. The van der Waals surface area contributed by atoms with Gasteiger partial charge in [0.25, 0.3) is 5.91 Å². The van der Waals surface area contributed by atoms with E-state index in [-0.39, 0.29) is 36.7 Å². The number of thiophene rings is 1. The van der Waals surface area contributed by atoms with E-state index in [4.69, 9.17) is 16.3 Å². The zero-order valence-corrected chi connectivity index (χ0v) is 20.1.